The minimum Gasteiger partial charge on any atom is -0.493 e. The maximum atomic E-state index is 12.4. The summed E-state index contributed by atoms with van der Waals surface area (Å²) in [6.07, 6.45) is -0.0944. The van der Waals surface area contributed by atoms with Gasteiger partial charge < -0.3 is 24.8 Å². The first-order valence-electron chi connectivity index (χ1n) is 8.99. The molecular formula is C21H23ClN2O6. The normalized spacial score (nSPS) is 11.2. The molecule has 0 saturated carbocycles. The van der Waals surface area contributed by atoms with Crippen LogP contribution < -0.4 is 20.1 Å². The topological polar surface area (TPSA) is 103 Å². The average Bonchev–Trinajstić information content (AvgIpc) is 2.76. The first-order valence-corrected chi connectivity index (χ1v) is 9.37. The fraction of sp³-hybridized carbons (Fsp3) is 0.286. The van der Waals surface area contributed by atoms with E-state index in [0.717, 1.165) is 0 Å². The van der Waals surface area contributed by atoms with E-state index in [0.29, 0.717) is 27.6 Å². The van der Waals surface area contributed by atoms with Gasteiger partial charge in [-0.25, -0.2) is 0 Å². The highest BCUT2D eigenvalue weighted by Crippen LogP contribution is 2.31. The lowest BCUT2D eigenvalue weighted by Gasteiger charge is -2.20. The van der Waals surface area contributed by atoms with Gasteiger partial charge >= 0.3 is 5.97 Å². The van der Waals surface area contributed by atoms with Crippen molar-refractivity contribution >= 4 is 29.4 Å². The zero-order chi connectivity index (χ0) is 22.1. The highest BCUT2D eigenvalue weighted by molar-refractivity contribution is 6.30. The molecule has 0 saturated heterocycles. The minimum atomic E-state index is -0.683. The van der Waals surface area contributed by atoms with Gasteiger partial charge in [0.1, 0.15) is 0 Å². The molecule has 2 aromatic carbocycles. The van der Waals surface area contributed by atoms with E-state index in [1.807, 2.05) is 0 Å². The Morgan fingerprint density at radius 3 is 2.23 bits per heavy atom. The smallest absolute Gasteiger partial charge is 0.307 e. The van der Waals surface area contributed by atoms with Crippen molar-refractivity contribution in [3.05, 3.63) is 58.6 Å². The van der Waals surface area contributed by atoms with Gasteiger partial charge in [0.2, 0.25) is 5.91 Å². The Hall–Kier alpha value is -3.26. The molecule has 30 heavy (non-hydrogen) atoms. The van der Waals surface area contributed by atoms with Gasteiger partial charge in [0.05, 0.1) is 40.3 Å². The quantitative estimate of drug-likeness (QED) is 0.588. The number of rotatable bonds is 9. The van der Waals surface area contributed by atoms with Crippen molar-refractivity contribution in [1.82, 2.24) is 10.6 Å². The number of methoxy groups -OCH3 is 3. The van der Waals surface area contributed by atoms with E-state index < -0.39 is 23.8 Å². The molecule has 0 spiro atoms. The molecule has 0 fully saturated rings. The third-order valence-electron chi connectivity index (χ3n) is 4.26. The van der Waals surface area contributed by atoms with Crippen LogP contribution in [0.25, 0.3) is 0 Å². The van der Waals surface area contributed by atoms with E-state index in [2.05, 4.69) is 10.6 Å². The Balaban J connectivity index is 2.08. The minimum absolute atomic E-state index is 0.0944. The summed E-state index contributed by atoms with van der Waals surface area (Å²) in [4.78, 5) is 36.4. The second kappa shape index (κ2) is 11.1. The maximum Gasteiger partial charge on any atom is 0.307 e. The highest BCUT2D eigenvalue weighted by Gasteiger charge is 2.21. The lowest BCUT2D eigenvalue weighted by atomic mass is 10.0. The lowest BCUT2D eigenvalue weighted by molar-refractivity contribution is -0.141. The van der Waals surface area contributed by atoms with Gasteiger partial charge in [-0.2, -0.15) is 0 Å². The van der Waals surface area contributed by atoms with Crippen molar-refractivity contribution in [2.24, 2.45) is 0 Å². The summed E-state index contributed by atoms with van der Waals surface area (Å²) in [7, 11) is 4.26. The third-order valence-corrected chi connectivity index (χ3v) is 4.51. The van der Waals surface area contributed by atoms with Gasteiger partial charge in [0.15, 0.2) is 11.5 Å². The molecule has 0 bridgehead atoms. The fourth-order valence-corrected chi connectivity index (χ4v) is 2.81. The van der Waals surface area contributed by atoms with Crippen LogP contribution in [-0.2, 0) is 14.3 Å². The Bertz CT molecular complexity index is 901. The number of nitrogens with one attached hydrogen (secondary N) is 2. The number of esters is 1. The van der Waals surface area contributed by atoms with E-state index in [1.54, 1.807) is 42.5 Å². The van der Waals surface area contributed by atoms with Crippen molar-refractivity contribution < 1.29 is 28.6 Å². The largest absolute Gasteiger partial charge is 0.493 e. The van der Waals surface area contributed by atoms with Crippen LogP contribution in [0.2, 0.25) is 5.02 Å². The maximum absolute atomic E-state index is 12.4. The Morgan fingerprint density at radius 1 is 0.967 bits per heavy atom. The third kappa shape index (κ3) is 6.38. The van der Waals surface area contributed by atoms with Crippen LogP contribution in [0.3, 0.4) is 0 Å². The van der Waals surface area contributed by atoms with E-state index in [4.69, 9.17) is 25.8 Å². The number of hydrogen-bond acceptors (Lipinski definition) is 6. The number of carbonyl (C=O) groups excluding carboxylic acids is 3. The van der Waals surface area contributed by atoms with Crippen LogP contribution in [0.5, 0.6) is 11.5 Å². The molecule has 9 heteroatoms. The van der Waals surface area contributed by atoms with E-state index in [1.165, 1.54) is 21.3 Å². The molecule has 8 nitrogen and oxygen atoms in total. The predicted molar refractivity (Wildman–Crippen MR) is 111 cm³/mol. The molecule has 2 amide bonds. The zero-order valence-electron chi connectivity index (χ0n) is 16.9. The van der Waals surface area contributed by atoms with E-state index >= 15 is 0 Å². The SMILES string of the molecule is COC(=O)CC(NC(=O)CNC(=O)c1ccc(Cl)cc1)c1ccc(OC)c(OC)c1. The van der Waals surface area contributed by atoms with Crippen LogP contribution in [-0.4, -0.2) is 45.7 Å². The summed E-state index contributed by atoms with van der Waals surface area (Å²) in [6, 6.07) is 10.6. The summed E-state index contributed by atoms with van der Waals surface area (Å²) in [5.74, 6) is -0.423. The van der Waals surface area contributed by atoms with Crippen LogP contribution in [0.4, 0.5) is 0 Å². The van der Waals surface area contributed by atoms with Crippen molar-refractivity contribution in [2.45, 2.75) is 12.5 Å². The van der Waals surface area contributed by atoms with Gasteiger partial charge in [-0.05, 0) is 42.0 Å². The van der Waals surface area contributed by atoms with Gasteiger partial charge in [-0.3, -0.25) is 14.4 Å². The van der Waals surface area contributed by atoms with E-state index in [-0.39, 0.29) is 13.0 Å². The molecule has 0 radical (unpaired) electrons. The van der Waals surface area contributed by atoms with Crippen LogP contribution >= 0.6 is 11.6 Å². The van der Waals surface area contributed by atoms with Crippen LogP contribution in [0.1, 0.15) is 28.4 Å². The molecule has 0 aliphatic rings. The summed E-state index contributed by atoms with van der Waals surface area (Å²) < 4.78 is 15.2. The Morgan fingerprint density at radius 2 is 1.63 bits per heavy atom. The monoisotopic (exact) mass is 434 g/mol. The van der Waals surface area contributed by atoms with Gasteiger partial charge in [0.25, 0.3) is 5.91 Å². The Kier molecular flexibility index (Phi) is 8.49. The molecule has 0 aliphatic carbocycles. The molecule has 2 N–H and O–H groups in total. The molecule has 1 unspecified atom stereocenters. The number of amides is 2. The first kappa shape index (κ1) is 23.0. The number of carbonyl (C=O) groups is 3. The molecule has 2 rings (SSSR count). The summed E-state index contributed by atoms with van der Waals surface area (Å²) in [5.41, 5.74) is 0.994. The number of benzene rings is 2. The number of halogens is 1. The molecular weight excluding hydrogens is 412 g/mol. The average molecular weight is 435 g/mol. The standard InChI is InChI=1S/C21H23ClN2O6/c1-28-17-9-6-14(10-18(17)29-2)16(11-20(26)30-3)24-19(25)12-23-21(27)13-4-7-15(22)8-5-13/h4-10,16H,11-12H2,1-3H3,(H,23,27)(H,24,25). The summed E-state index contributed by atoms with van der Waals surface area (Å²) >= 11 is 5.80. The van der Waals surface area contributed by atoms with Crippen molar-refractivity contribution in [3.8, 4) is 11.5 Å². The molecule has 0 heterocycles. The lowest BCUT2D eigenvalue weighted by Crippen LogP contribution is -2.39. The van der Waals surface area contributed by atoms with Gasteiger partial charge in [-0.15, -0.1) is 0 Å². The Labute approximate surface area is 179 Å². The van der Waals surface area contributed by atoms with Gasteiger partial charge in [0, 0.05) is 10.6 Å². The number of ether oxygens (including phenoxy) is 3. The summed E-state index contributed by atoms with van der Waals surface area (Å²) in [5, 5.41) is 5.76. The zero-order valence-corrected chi connectivity index (χ0v) is 17.6. The number of hydrogen-bond donors (Lipinski definition) is 2. The van der Waals surface area contributed by atoms with E-state index in [9.17, 15) is 14.4 Å². The first-order chi connectivity index (χ1) is 14.4. The molecule has 0 aromatic heterocycles. The second-order valence-corrected chi connectivity index (χ2v) is 6.64. The van der Waals surface area contributed by atoms with Crippen LogP contribution in [0, 0.1) is 0 Å². The van der Waals surface area contributed by atoms with Crippen molar-refractivity contribution in [3.63, 3.8) is 0 Å². The van der Waals surface area contributed by atoms with Crippen molar-refractivity contribution in [1.29, 1.82) is 0 Å². The summed E-state index contributed by atoms with van der Waals surface area (Å²) in [6.45, 7) is -0.271. The predicted octanol–water partition coefficient (Wildman–Crippen LogP) is 2.51. The highest BCUT2D eigenvalue weighted by atomic mass is 35.5. The molecule has 2 aromatic rings. The second-order valence-electron chi connectivity index (χ2n) is 6.20. The fourth-order valence-electron chi connectivity index (χ4n) is 2.68. The molecule has 0 aliphatic heterocycles. The van der Waals surface area contributed by atoms with Gasteiger partial charge in [-0.1, -0.05) is 17.7 Å². The van der Waals surface area contributed by atoms with Crippen molar-refractivity contribution in [2.75, 3.05) is 27.9 Å². The van der Waals surface area contributed by atoms with Crippen LogP contribution in [0.15, 0.2) is 42.5 Å². The molecule has 160 valence electrons. The molecule has 1 atom stereocenters.